The number of piperidine rings is 1. The molecule has 3 N–H and O–H groups in total. The molecule has 0 bridgehead atoms. The van der Waals surface area contributed by atoms with Crippen molar-refractivity contribution in [3.05, 3.63) is 28.3 Å². The highest BCUT2D eigenvalue weighted by Crippen LogP contribution is 2.33. The predicted octanol–water partition coefficient (Wildman–Crippen LogP) is 1.37. The third-order valence-electron chi connectivity index (χ3n) is 4.06. The fraction of sp³-hybridized carbons (Fsp3) is 0.562. The van der Waals surface area contributed by atoms with Crippen molar-refractivity contribution in [2.75, 3.05) is 18.0 Å². The van der Waals surface area contributed by atoms with Gasteiger partial charge in [0.15, 0.2) is 0 Å². The minimum atomic E-state index is -3.89. The van der Waals surface area contributed by atoms with Crippen LogP contribution in [0.25, 0.3) is 0 Å². The normalized spacial score (nSPS) is 18.6. The van der Waals surface area contributed by atoms with Gasteiger partial charge in [0.25, 0.3) is 5.69 Å². The Balaban J connectivity index is 2.41. The standard InChI is InChI=1S/C16H24N4O5S/c1-16(2,3)18-26(24,25)12-6-7-13(14(9-12)20(22)23)19-8-4-5-11(10-19)15(17)21/h6-7,9,11,18H,4-5,8,10H2,1-3H3,(H2,17,21)/t11-/m0/s1. The maximum absolute atomic E-state index is 12.4. The lowest BCUT2D eigenvalue weighted by Gasteiger charge is -2.32. The molecule has 1 aliphatic rings. The number of benzene rings is 1. The topological polar surface area (TPSA) is 136 Å². The summed E-state index contributed by atoms with van der Waals surface area (Å²) in [4.78, 5) is 23.9. The van der Waals surface area contributed by atoms with Crippen LogP contribution in [0.1, 0.15) is 33.6 Å². The fourth-order valence-electron chi connectivity index (χ4n) is 2.97. The van der Waals surface area contributed by atoms with Gasteiger partial charge >= 0.3 is 0 Å². The van der Waals surface area contributed by atoms with Gasteiger partial charge in [0.05, 0.1) is 15.7 Å². The monoisotopic (exact) mass is 384 g/mol. The van der Waals surface area contributed by atoms with E-state index in [4.69, 9.17) is 5.73 Å². The van der Waals surface area contributed by atoms with Crippen molar-refractivity contribution in [3.8, 4) is 0 Å². The van der Waals surface area contributed by atoms with Crippen molar-refractivity contribution >= 4 is 27.3 Å². The molecular weight excluding hydrogens is 360 g/mol. The van der Waals surface area contributed by atoms with Crippen LogP contribution in [0.3, 0.4) is 0 Å². The van der Waals surface area contributed by atoms with E-state index in [2.05, 4.69) is 4.72 Å². The molecule has 0 spiro atoms. The number of nitro groups is 1. The van der Waals surface area contributed by atoms with E-state index in [1.54, 1.807) is 25.7 Å². The number of nitro benzene ring substituents is 1. The number of carbonyl (C=O) groups is 1. The third kappa shape index (κ3) is 4.70. The average Bonchev–Trinajstić information content (AvgIpc) is 2.52. The lowest BCUT2D eigenvalue weighted by atomic mass is 9.97. The molecule has 1 aromatic rings. The summed E-state index contributed by atoms with van der Waals surface area (Å²) in [5.41, 5.74) is 4.62. The number of nitrogens with two attached hydrogens (primary N) is 1. The Morgan fingerprint density at radius 1 is 1.38 bits per heavy atom. The first-order chi connectivity index (χ1) is 11.9. The summed E-state index contributed by atoms with van der Waals surface area (Å²) in [6.07, 6.45) is 1.32. The quantitative estimate of drug-likeness (QED) is 0.581. The summed E-state index contributed by atoms with van der Waals surface area (Å²) >= 11 is 0. The number of nitrogens with one attached hydrogen (secondary N) is 1. The smallest absolute Gasteiger partial charge is 0.293 e. The molecule has 1 aliphatic heterocycles. The molecule has 26 heavy (non-hydrogen) atoms. The lowest BCUT2D eigenvalue weighted by Crippen LogP contribution is -2.41. The third-order valence-corrected chi connectivity index (χ3v) is 5.81. The Morgan fingerprint density at radius 2 is 2.04 bits per heavy atom. The van der Waals surface area contributed by atoms with Crippen molar-refractivity contribution in [1.29, 1.82) is 0 Å². The highest BCUT2D eigenvalue weighted by atomic mass is 32.2. The van der Waals surface area contributed by atoms with Crippen molar-refractivity contribution in [2.24, 2.45) is 11.7 Å². The number of anilines is 1. The molecule has 1 heterocycles. The van der Waals surface area contributed by atoms with Crippen LogP contribution in [0.5, 0.6) is 0 Å². The van der Waals surface area contributed by atoms with Crippen LogP contribution in [0.15, 0.2) is 23.1 Å². The van der Waals surface area contributed by atoms with E-state index in [1.807, 2.05) is 0 Å². The average molecular weight is 384 g/mol. The maximum Gasteiger partial charge on any atom is 0.293 e. The van der Waals surface area contributed by atoms with Crippen LogP contribution < -0.4 is 15.4 Å². The number of hydrogen-bond donors (Lipinski definition) is 2. The molecule has 0 unspecified atom stereocenters. The first-order valence-corrected chi connectivity index (χ1v) is 9.76. The molecule has 0 aliphatic carbocycles. The molecule has 1 amide bonds. The van der Waals surface area contributed by atoms with E-state index < -0.39 is 26.4 Å². The summed E-state index contributed by atoms with van der Waals surface area (Å²) in [6, 6.07) is 3.81. The van der Waals surface area contributed by atoms with Gasteiger partial charge in [-0.05, 0) is 45.7 Å². The number of nitrogens with zero attached hydrogens (tertiary/aromatic N) is 2. The maximum atomic E-state index is 12.4. The van der Waals surface area contributed by atoms with Gasteiger partial charge in [-0.1, -0.05) is 0 Å². The Morgan fingerprint density at radius 3 is 2.58 bits per heavy atom. The van der Waals surface area contributed by atoms with Crippen molar-refractivity contribution < 1.29 is 18.1 Å². The molecular formula is C16H24N4O5S. The lowest BCUT2D eigenvalue weighted by molar-refractivity contribution is -0.384. The summed E-state index contributed by atoms with van der Waals surface area (Å²) in [5.74, 6) is -0.819. The van der Waals surface area contributed by atoms with Crippen LogP contribution in [0.4, 0.5) is 11.4 Å². The van der Waals surface area contributed by atoms with Crippen LogP contribution in [-0.2, 0) is 14.8 Å². The van der Waals surface area contributed by atoms with Crippen LogP contribution in [-0.4, -0.2) is 37.9 Å². The largest absolute Gasteiger partial charge is 0.369 e. The SMILES string of the molecule is CC(C)(C)NS(=O)(=O)c1ccc(N2CCC[C@H](C(N)=O)C2)c([N+](=O)[O-])c1. The molecule has 0 radical (unpaired) electrons. The molecule has 9 nitrogen and oxygen atoms in total. The summed E-state index contributed by atoms with van der Waals surface area (Å²) in [5, 5.41) is 11.5. The van der Waals surface area contributed by atoms with Gasteiger partial charge in [-0.15, -0.1) is 0 Å². The molecule has 1 atom stereocenters. The van der Waals surface area contributed by atoms with Crippen molar-refractivity contribution in [1.82, 2.24) is 4.72 Å². The van der Waals surface area contributed by atoms with E-state index >= 15 is 0 Å². The highest BCUT2D eigenvalue weighted by molar-refractivity contribution is 7.89. The fourth-order valence-corrected chi connectivity index (χ4v) is 4.41. The molecule has 10 heteroatoms. The Labute approximate surface area is 152 Å². The predicted molar refractivity (Wildman–Crippen MR) is 97.3 cm³/mol. The molecule has 0 saturated carbocycles. The van der Waals surface area contributed by atoms with E-state index in [0.717, 1.165) is 6.07 Å². The number of carbonyl (C=O) groups excluding carboxylic acids is 1. The molecule has 1 saturated heterocycles. The molecule has 144 valence electrons. The second kappa shape index (κ2) is 7.20. The Hall–Kier alpha value is -2.20. The zero-order valence-corrected chi connectivity index (χ0v) is 15.9. The number of amides is 1. The van der Waals surface area contributed by atoms with Crippen molar-refractivity contribution in [3.63, 3.8) is 0 Å². The van der Waals surface area contributed by atoms with Crippen LogP contribution >= 0.6 is 0 Å². The summed E-state index contributed by atoms with van der Waals surface area (Å²) in [6.45, 7) is 5.88. The van der Waals surface area contributed by atoms with Gasteiger partial charge in [0, 0.05) is 24.7 Å². The second-order valence-corrected chi connectivity index (χ2v) is 9.13. The number of rotatable bonds is 5. The van der Waals surface area contributed by atoms with Gasteiger partial charge in [0.2, 0.25) is 15.9 Å². The number of primary amides is 1. The van der Waals surface area contributed by atoms with E-state index in [9.17, 15) is 23.3 Å². The second-order valence-electron chi connectivity index (χ2n) is 7.45. The minimum Gasteiger partial charge on any atom is -0.369 e. The first kappa shape index (κ1) is 20.1. The van der Waals surface area contributed by atoms with Gasteiger partial charge < -0.3 is 10.6 Å². The van der Waals surface area contributed by atoms with Crippen LogP contribution in [0.2, 0.25) is 0 Å². The minimum absolute atomic E-state index is 0.175. The number of hydrogen-bond acceptors (Lipinski definition) is 6. The van der Waals surface area contributed by atoms with Gasteiger partial charge in [-0.2, -0.15) is 0 Å². The molecule has 0 aromatic heterocycles. The summed E-state index contributed by atoms with van der Waals surface area (Å²) < 4.78 is 27.4. The zero-order valence-electron chi connectivity index (χ0n) is 15.1. The Bertz CT molecular complexity index is 816. The van der Waals surface area contributed by atoms with E-state index in [1.165, 1.54) is 12.1 Å². The van der Waals surface area contributed by atoms with Gasteiger partial charge in [-0.25, -0.2) is 13.1 Å². The molecule has 2 rings (SSSR count). The zero-order chi connectivity index (χ0) is 19.7. The van der Waals surface area contributed by atoms with Crippen molar-refractivity contribution in [2.45, 2.75) is 44.0 Å². The van der Waals surface area contributed by atoms with E-state index in [-0.39, 0.29) is 28.7 Å². The summed E-state index contributed by atoms with van der Waals surface area (Å²) in [7, 11) is -3.89. The van der Waals surface area contributed by atoms with Gasteiger partial charge in [0.1, 0.15) is 5.69 Å². The Kier molecular flexibility index (Phi) is 5.57. The van der Waals surface area contributed by atoms with Crippen LogP contribution in [0, 0.1) is 16.0 Å². The molecule has 1 fully saturated rings. The van der Waals surface area contributed by atoms with Gasteiger partial charge in [-0.3, -0.25) is 14.9 Å². The number of sulfonamides is 1. The highest BCUT2D eigenvalue weighted by Gasteiger charge is 2.30. The van der Waals surface area contributed by atoms with E-state index in [0.29, 0.717) is 19.4 Å². The molecule has 1 aromatic carbocycles. The first-order valence-electron chi connectivity index (χ1n) is 8.27.